The van der Waals surface area contributed by atoms with Crippen LogP contribution in [0.2, 0.25) is 0 Å². The van der Waals surface area contributed by atoms with Gasteiger partial charge in [-0.1, -0.05) is 23.8 Å². The molecular formula is C40H53N3O7. The lowest BCUT2D eigenvalue weighted by Gasteiger charge is -2.38. The molecule has 1 saturated heterocycles. The van der Waals surface area contributed by atoms with Crippen molar-refractivity contribution >= 4 is 17.9 Å². The van der Waals surface area contributed by atoms with Crippen molar-refractivity contribution in [2.45, 2.75) is 98.7 Å². The molecule has 270 valence electrons. The Morgan fingerprint density at radius 2 is 1.70 bits per heavy atom. The zero-order valence-corrected chi connectivity index (χ0v) is 31.1. The number of esters is 1. The molecule has 1 fully saturated rings. The average Bonchev–Trinajstić information content (AvgIpc) is 3.05. The molecule has 0 unspecified atom stereocenters. The van der Waals surface area contributed by atoms with Crippen LogP contribution in [0.3, 0.4) is 0 Å². The predicted molar refractivity (Wildman–Crippen MR) is 194 cm³/mol. The van der Waals surface area contributed by atoms with Gasteiger partial charge in [0.2, 0.25) is 0 Å². The van der Waals surface area contributed by atoms with E-state index < -0.39 is 11.2 Å². The van der Waals surface area contributed by atoms with Crippen LogP contribution in [0.4, 0.5) is 10.6 Å². The van der Waals surface area contributed by atoms with E-state index in [2.05, 4.69) is 24.0 Å². The number of aryl methyl sites for hydroxylation is 1. The predicted octanol–water partition coefficient (Wildman–Crippen LogP) is 7.51. The molecule has 2 atom stereocenters. The Balaban J connectivity index is 1.32. The van der Waals surface area contributed by atoms with E-state index in [-0.39, 0.29) is 24.1 Å². The fourth-order valence-electron chi connectivity index (χ4n) is 6.48. The molecule has 0 saturated carbocycles. The minimum atomic E-state index is -0.554. The van der Waals surface area contributed by atoms with Gasteiger partial charge in [0.1, 0.15) is 35.1 Å². The zero-order valence-electron chi connectivity index (χ0n) is 31.1. The van der Waals surface area contributed by atoms with Crippen LogP contribution in [0.15, 0.2) is 48.5 Å². The van der Waals surface area contributed by atoms with Crippen LogP contribution in [-0.2, 0) is 38.6 Å². The summed E-state index contributed by atoms with van der Waals surface area (Å²) in [5.41, 5.74) is 4.80. The van der Waals surface area contributed by atoms with E-state index in [1.54, 1.807) is 12.0 Å². The number of benzene rings is 2. The summed E-state index contributed by atoms with van der Waals surface area (Å²) >= 11 is 0. The molecule has 0 N–H and O–H groups in total. The first-order chi connectivity index (χ1) is 23.6. The molecule has 2 aromatic carbocycles. The van der Waals surface area contributed by atoms with Crippen molar-refractivity contribution in [1.82, 2.24) is 9.88 Å². The van der Waals surface area contributed by atoms with Crippen LogP contribution in [-0.4, -0.2) is 72.6 Å². The molecule has 10 nitrogen and oxygen atoms in total. The summed E-state index contributed by atoms with van der Waals surface area (Å²) in [4.78, 5) is 34.8. The van der Waals surface area contributed by atoms with Crippen molar-refractivity contribution < 1.29 is 33.3 Å². The van der Waals surface area contributed by atoms with E-state index in [4.69, 9.17) is 28.7 Å². The van der Waals surface area contributed by atoms with Gasteiger partial charge in [0, 0.05) is 37.4 Å². The molecule has 0 spiro atoms. The standard InChI is InChI=1S/C40H53N3O7/c1-10-47-35-24-42(19-17-29(35)37(44)49-39(3,4)5)36-13-11-12-32(41-36)30-20-26(2)14-15-33(30)48-25-27-21-28-16-18-43(38(45)50-40(6,7)8)23-31(28)34(22-27)46-9/h11-15,20-22,29,35H,10,16-19,23-25H2,1-9H3/t29-,35+/m1/s1. The third-order valence-corrected chi connectivity index (χ3v) is 8.75. The number of hydrogen-bond donors (Lipinski definition) is 0. The van der Waals surface area contributed by atoms with Gasteiger partial charge in [-0.3, -0.25) is 4.79 Å². The molecule has 0 aliphatic carbocycles. The van der Waals surface area contributed by atoms with Crippen LogP contribution in [0, 0.1) is 12.8 Å². The third kappa shape index (κ3) is 9.27. The molecule has 2 aliphatic heterocycles. The molecule has 10 heteroatoms. The van der Waals surface area contributed by atoms with Crippen LogP contribution < -0.4 is 14.4 Å². The molecule has 1 amide bonds. The number of carbonyl (C=O) groups is 2. The Hall–Kier alpha value is -4.31. The zero-order chi connectivity index (χ0) is 36.2. The van der Waals surface area contributed by atoms with Gasteiger partial charge in [-0.15, -0.1) is 0 Å². The number of fused-ring (bicyclic) bond motifs is 1. The number of nitrogens with zero attached hydrogens (tertiary/aromatic N) is 3. The van der Waals surface area contributed by atoms with Gasteiger partial charge in [0.25, 0.3) is 0 Å². The Morgan fingerprint density at radius 3 is 2.40 bits per heavy atom. The monoisotopic (exact) mass is 687 g/mol. The molecule has 50 heavy (non-hydrogen) atoms. The van der Waals surface area contributed by atoms with Gasteiger partial charge in [-0.05, 0) is 110 Å². The van der Waals surface area contributed by atoms with Crippen molar-refractivity contribution in [2.24, 2.45) is 5.92 Å². The highest BCUT2D eigenvalue weighted by Gasteiger charge is 2.38. The number of amides is 1. The summed E-state index contributed by atoms with van der Waals surface area (Å²) in [7, 11) is 1.65. The number of carbonyl (C=O) groups excluding carboxylic acids is 2. The van der Waals surface area contributed by atoms with Crippen LogP contribution in [0.25, 0.3) is 11.3 Å². The Morgan fingerprint density at radius 1 is 0.940 bits per heavy atom. The van der Waals surface area contributed by atoms with Gasteiger partial charge >= 0.3 is 12.1 Å². The van der Waals surface area contributed by atoms with E-state index >= 15 is 0 Å². The van der Waals surface area contributed by atoms with Crippen molar-refractivity contribution in [3.05, 3.63) is 70.8 Å². The Kier molecular flexibility index (Phi) is 11.3. The van der Waals surface area contributed by atoms with Gasteiger partial charge in [0.15, 0.2) is 0 Å². The first kappa shape index (κ1) is 37.0. The smallest absolute Gasteiger partial charge is 0.410 e. The normalized spacial score (nSPS) is 17.9. The molecule has 3 aromatic rings. The maximum absolute atomic E-state index is 13.0. The number of hydrogen-bond acceptors (Lipinski definition) is 9. The number of aromatic nitrogens is 1. The maximum Gasteiger partial charge on any atom is 0.410 e. The topological polar surface area (TPSA) is 99.7 Å². The van der Waals surface area contributed by atoms with E-state index in [9.17, 15) is 9.59 Å². The van der Waals surface area contributed by atoms with Gasteiger partial charge in [-0.2, -0.15) is 0 Å². The second-order valence-electron chi connectivity index (χ2n) is 15.1. The highest BCUT2D eigenvalue weighted by molar-refractivity contribution is 5.74. The van der Waals surface area contributed by atoms with Gasteiger partial charge in [-0.25, -0.2) is 9.78 Å². The summed E-state index contributed by atoms with van der Waals surface area (Å²) in [6.45, 7) is 18.4. The molecule has 3 heterocycles. The fourth-order valence-corrected chi connectivity index (χ4v) is 6.48. The van der Waals surface area contributed by atoms with Crippen LogP contribution in [0.5, 0.6) is 11.5 Å². The maximum atomic E-state index is 13.0. The molecule has 1 aromatic heterocycles. The summed E-state index contributed by atoms with van der Waals surface area (Å²) < 4.78 is 29.7. The lowest BCUT2D eigenvalue weighted by atomic mass is 9.93. The number of methoxy groups -OCH3 is 1. The number of anilines is 1. The summed E-state index contributed by atoms with van der Waals surface area (Å²) in [6.07, 6.45) is 0.709. The minimum Gasteiger partial charge on any atom is -0.496 e. The molecule has 5 rings (SSSR count). The lowest BCUT2D eigenvalue weighted by Crippen LogP contribution is -2.49. The quantitative estimate of drug-likeness (QED) is 0.212. The minimum absolute atomic E-state index is 0.210. The summed E-state index contributed by atoms with van der Waals surface area (Å²) in [5, 5.41) is 0. The first-order valence-electron chi connectivity index (χ1n) is 17.6. The average molecular weight is 688 g/mol. The Bertz CT molecular complexity index is 1660. The Labute approximate surface area is 297 Å². The van der Waals surface area contributed by atoms with E-state index in [1.807, 2.05) is 84.9 Å². The second kappa shape index (κ2) is 15.3. The largest absolute Gasteiger partial charge is 0.496 e. The lowest BCUT2D eigenvalue weighted by molar-refractivity contribution is -0.166. The third-order valence-electron chi connectivity index (χ3n) is 8.75. The van der Waals surface area contributed by atoms with E-state index in [0.29, 0.717) is 52.2 Å². The van der Waals surface area contributed by atoms with E-state index in [0.717, 1.165) is 50.8 Å². The summed E-state index contributed by atoms with van der Waals surface area (Å²) in [5.74, 6) is 1.74. The number of rotatable bonds is 9. The fraction of sp³-hybridized carbons (Fsp3) is 0.525. The highest BCUT2D eigenvalue weighted by atomic mass is 16.6. The first-order valence-corrected chi connectivity index (χ1v) is 17.6. The molecule has 2 aliphatic rings. The molecule has 0 bridgehead atoms. The van der Waals surface area contributed by atoms with Gasteiger partial charge in [0.05, 0.1) is 31.4 Å². The van der Waals surface area contributed by atoms with Crippen molar-refractivity contribution in [1.29, 1.82) is 0 Å². The molecular weight excluding hydrogens is 634 g/mol. The SMILES string of the molecule is CCO[C@H]1CN(c2cccc(-c3cc(C)ccc3OCc3cc4c(c(OC)c3)CN(C(=O)OC(C)(C)C)CC4)n2)CC[C@H]1C(=O)OC(C)(C)C. The van der Waals surface area contributed by atoms with Crippen LogP contribution in [0.1, 0.15) is 77.1 Å². The highest BCUT2D eigenvalue weighted by Crippen LogP contribution is 2.35. The molecule has 0 radical (unpaired) electrons. The second-order valence-corrected chi connectivity index (χ2v) is 15.1. The number of pyridine rings is 1. The van der Waals surface area contributed by atoms with Crippen molar-refractivity contribution in [3.63, 3.8) is 0 Å². The summed E-state index contributed by atoms with van der Waals surface area (Å²) in [6, 6.07) is 16.3. The van der Waals surface area contributed by atoms with Gasteiger partial charge < -0.3 is 33.5 Å². The number of piperidine rings is 1. The van der Waals surface area contributed by atoms with Crippen molar-refractivity contribution in [3.8, 4) is 22.8 Å². The van der Waals surface area contributed by atoms with Crippen molar-refractivity contribution in [2.75, 3.05) is 38.3 Å². The number of ether oxygens (including phenoxy) is 5. The van der Waals surface area contributed by atoms with Crippen LogP contribution >= 0.6 is 0 Å². The van der Waals surface area contributed by atoms with E-state index in [1.165, 1.54) is 0 Å².